The summed E-state index contributed by atoms with van der Waals surface area (Å²) in [6, 6.07) is 0.153. The molecule has 1 aromatic rings. The Morgan fingerprint density at radius 3 is 2.62 bits per heavy atom. The van der Waals surface area contributed by atoms with Crippen molar-refractivity contribution in [1.82, 2.24) is 15.2 Å². The van der Waals surface area contributed by atoms with Gasteiger partial charge in [0.15, 0.2) is 9.84 Å². The molecule has 2 aliphatic heterocycles. The smallest absolute Gasteiger partial charge is 0.208 e. The van der Waals surface area contributed by atoms with Crippen molar-refractivity contribution in [3.63, 3.8) is 0 Å². The van der Waals surface area contributed by atoms with Crippen LogP contribution in [0.5, 0.6) is 0 Å². The van der Waals surface area contributed by atoms with E-state index in [-0.39, 0.29) is 6.04 Å². The lowest BCUT2D eigenvalue weighted by Crippen LogP contribution is -2.44. The van der Waals surface area contributed by atoms with Crippen LogP contribution in [0.4, 0.5) is 0 Å². The van der Waals surface area contributed by atoms with E-state index >= 15 is 0 Å². The Morgan fingerprint density at radius 1 is 1.25 bits per heavy atom. The van der Waals surface area contributed by atoms with Crippen molar-refractivity contribution in [2.75, 3.05) is 31.1 Å². The number of oxazole rings is 1. The number of hydrogen-bond acceptors (Lipinski definition) is 6. The van der Waals surface area contributed by atoms with E-state index in [1.54, 1.807) is 0 Å². The molecule has 24 heavy (non-hydrogen) atoms. The molecule has 0 bridgehead atoms. The minimum Gasteiger partial charge on any atom is -0.444 e. The molecule has 7 heteroatoms. The number of nitrogens with one attached hydrogen (secondary N) is 1. The van der Waals surface area contributed by atoms with Crippen molar-refractivity contribution in [2.24, 2.45) is 5.92 Å². The monoisotopic (exact) mass is 355 g/mol. The number of nitrogens with zero attached hydrogens (tertiary/aromatic N) is 2. The molecule has 0 saturated carbocycles. The van der Waals surface area contributed by atoms with Crippen LogP contribution < -0.4 is 5.32 Å². The van der Waals surface area contributed by atoms with Crippen molar-refractivity contribution < 1.29 is 12.8 Å². The first kappa shape index (κ1) is 17.9. The molecule has 3 rings (SSSR count). The first-order chi connectivity index (χ1) is 11.4. The predicted molar refractivity (Wildman–Crippen MR) is 93.7 cm³/mol. The lowest BCUT2D eigenvalue weighted by Gasteiger charge is -2.32. The second-order valence-corrected chi connectivity index (χ2v) is 9.56. The molecule has 1 atom stereocenters. The van der Waals surface area contributed by atoms with Crippen LogP contribution in [0.25, 0.3) is 0 Å². The van der Waals surface area contributed by atoms with Gasteiger partial charge < -0.3 is 9.73 Å². The fourth-order valence-corrected chi connectivity index (χ4v) is 5.33. The number of likely N-dealkylation sites (tertiary alicyclic amines) is 1. The summed E-state index contributed by atoms with van der Waals surface area (Å²) in [5.74, 6) is 3.04. The zero-order valence-corrected chi connectivity index (χ0v) is 15.6. The van der Waals surface area contributed by atoms with Crippen molar-refractivity contribution >= 4 is 9.84 Å². The number of rotatable bonds is 5. The quantitative estimate of drug-likeness (QED) is 0.866. The topological polar surface area (TPSA) is 75.4 Å². The zero-order chi connectivity index (χ0) is 17.2. The van der Waals surface area contributed by atoms with Crippen LogP contribution in [-0.2, 0) is 16.4 Å². The summed E-state index contributed by atoms with van der Waals surface area (Å²) in [6.45, 7) is 7.76. The molecule has 0 spiro atoms. The second-order valence-electron chi connectivity index (χ2n) is 7.33. The average molecular weight is 356 g/mol. The average Bonchev–Trinajstić information content (AvgIpc) is 2.84. The Balaban J connectivity index is 1.39. The Bertz CT molecular complexity index is 629. The van der Waals surface area contributed by atoms with E-state index in [0.717, 1.165) is 69.2 Å². The Morgan fingerprint density at radius 2 is 2.00 bits per heavy atom. The highest BCUT2D eigenvalue weighted by atomic mass is 32.2. The summed E-state index contributed by atoms with van der Waals surface area (Å²) < 4.78 is 29.1. The van der Waals surface area contributed by atoms with Gasteiger partial charge in [0.1, 0.15) is 5.76 Å². The van der Waals surface area contributed by atoms with E-state index in [2.05, 4.69) is 15.2 Å². The number of piperidine rings is 1. The minimum atomic E-state index is -2.82. The Labute approximate surface area is 144 Å². The van der Waals surface area contributed by atoms with Gasteiger partial charge in [0.25, 0.3) is 0 Å². The first-order valence-electron chi connectivity index (χ1n) is 9.00. The summed E-state index contributed by atoms with van der Waals surface area (Å²) in [7, 11) is -2.82. The molecule has 3 heterocycles. The highest BCUT2D eigenvalue weighted by Crippen LogP contribution is 2.20. The maximum atomic E-state index is 11.7. The van der Waals surface area contributed by atoms with E-state index < -0.39 is 9.84 Å². The van der Waals surface area contributed by atoms with Gasteiger partial charge in [0, 0.05) is 6.04 Å². The lowest BCUT2D eigenvalue weighted by atomic mass is 9.96. The highest BCUT2D eigenvalue weighted by molar-refractivity contribution is 7.91. The number of sulfone groups is 1. The summed E-state index contributed by atoms with van der Waals surface area (Å²) in [5.41, 5.74) is 0.978. The summed E-state index contributed by atoms with van der Waals surface area (Å²) in [5, 5.41) is 3.49. The van der Waals surface area contributed by atoms with Crippen LogP contribution in [-0.4, -0.2) is 55.5 Å². The van der Waals surface area contributed by atoms with Crippen LogP contribution in [0.1, 0.15) is 43.0 Å². The lowest BCUT2D eigenvalue weighted by molar-refractivity contribution is 0.160. The van der Waals surface area contributed by atoms with Crippen LogP contribution in [0.3, 0.4) is 0 Å². The maximum Gasteiger partial charge on any atom is 0.208 e. The molecule has 2 saturated heterocycles. The molecule has 0 radical (unpaired) electrons. The normalized spacial score (nSPS) is 25.8. The molecular formula is C17H29N3O3S. The molecule has 2 fully saturated rings. The summed E-state index contributed by atoms with van der Waals surface area (Å²) in [6.07, 6.45) is 4.07. The molecule has 2 aliphatic rings. The molecule has 136 valence electrons. The van der Waals surface area contributed by atoms with Crippen LogP contribution in [0.15, 0.2) is 4.42 Å². The maximum absolute atomic E-state index is 11.7. The van der Waals surface area contributed by atoms with E-state index in [9.17, 15) is 8.42 Å². The SMILES string of the molecule is Cc1nc(CN2CCC(CNC3CCCS(=O)(=O)C3)CC2)oc1C. The summed E-state index contributed by atoms with van der Waals surface area (Å²) >= 11 is 0. The second kappa shape index (κ2) is 7.54. The molecule has 0 aromatic carbocycles. The number of hydrogen-bond donors (Lipinski definition) is 1. The standard InChI is InChI=1S/C17H29N3O3S/c1-13-14(2)23-17(19-13)11-20-7-5-15(6-8-20)10-18-16-4-3-9-24(21,22)12-16/h15-16,18H,3-12H2,1-2H3. The van der Waals surface area contributed by atoms with Crippen molar-refractivity contribution in [3.8, 4) is 0 Å². The van der Waals surface area contributed by atoms with Gasteiger partial charge in [-0.2, -0.15) is 0 Å². The van der Waals surface area contributed by atoms with Crippen molar-refractivity contribution in [3.05, 3.63) is 17.3 Å². The van der Waals surface area contributed by atoms with Gasteiger partial charge in [-0.25, -0.2) is 13.4 Å². The molecule has 1 aromatic heterocycles. The molecule has 1 N–H and O–H groups in total. The number of aromatic nitrogens is 1. The summed E-state index contributed by atoms with van der Waals surface area (Å²) in [4.78, 5) is 6.85. The first-order valence-corrected chi connectivity index (χ1v) is 10.8. The van der Waals surface area contributed by atoms with E-state index in [4.69, 9.17) is 4.42 Å². The van der Waals surface area contributed by atoms with Crippen LogP contribution in [0.2, 0.25) is 0 Å². The predicted octanol–water partition coefficient (Wildman–Crippen LogP) is 1.67. The van der Waals surface area contributed by atoms with Gasteiger partial charge in [-0.15, -0.1) is 0 Å². The minimum absolute atomic E-state index is 0.153. The molecule has 6 nitrogen and oxygen atoms in total. The third-order valence-corrected chi connectivity index (χ3v) is 7.12. The highest BCUT2D eigenvalue weighted by Gasteiger charge is 2.26. The van der Waals surface area contributed by atoms with Gasteiger partial charge in [0.05, 0.1) is 23.7 Å². The molecule has 0 aliphatic carbocycles. The molecule has 0 amide bonds. The Kier molecular flexibility index (Phi) is 5.62. The van der Waals surface area contributed by atoms with Crippen molar-refractivity contribution in [1.29, 1.82) is 0 Å². The fourth-order valence-electron chi connectivity index (χ4n) is 3.66. The van der Waals surface area contributed by atoms with E-state index in [1.165, 1.54) is 0 Å². The van der Waals surface area contributed by atoms with Gasteiger partial charge in [0.2, 0.25) is 5.89 Å². The molecular weight excluding hydrogens is 326 g/mol. The number of aryl methyl sites for hydroxylation is 2. The largest absolute Gasteiger partial charge is 0.444 e. The van der Waals surface area contributed by atoms with Crippen LogP contribution in [0, 0.1) is 19.8 Å². The zero-order valence-electron chi connectivity index (χ0n) is 14.8. The van der Waals surface area contributed by atoms with Gasteiger partial charge in [-0.3, -0.25) is 4.90 Å². The fraction of sp³-hybridized carbons (Fsp3) is 0.824. The van der Waals surface area contributed by atoms with Crippen molar-refractivity contribution in [2.45, 2.75) is 52.1 Å². The third-order valence-electron chi connectivity index (χ3n) is 5.30. The third kappa shape index (κ3) is 4.80. The molecule has 1 unspecified atom stereocenters. The van der Waals surface area contributed by atoms with E-state index in [1.807, 2.05) is 13.8 Å². The van der Waals surface area contributed by atoms with Gasteiger partial charge in [-0.1, -0.05) is 0 Å². The van der Waals surface area contributed by atoms with Gasteiger partial charge >= 0.3 is 0 Å². The Hall–Kier alpha value is -0.920. The van der Waals surface area contributed by atoms with Gasteiger partial charge in [-0.05, 0) is 65.1 Å². The van der Waals surface area contributed by atoms with E-state index in [0.29, 0.717) is 17.4 Å². The van der Waals surface area contributed by atoms with Crippen LogP contribution >= 0.6 is 0 Å².